The van der Waals surface area contributed by atoms with E-state index in [9.17, 15) is 9.90 Å². The molecule has 0 bridgehead atoms. The van der Waals surface area contributed by atoms with Gasteiger partial charge in [-0.3, -0.25) is 4.79 Å². The molecule has 16 heavy (non-hydrogen) atoms. The minimum absolute atomic E-state index is 0.103. The summed E-state index contributed by atoms with van der Waals surface area (Å²) in [6.07, 6.45) is 4.80. The van der Waals surface area contributed by atoms with E-state index in [1.807, 2.05) is 13.0 Å². The van der Waals surface area contributed by atoms with Gasteiger partial charge in [-0.1, -0.05) is 23.4 Å². The van der Waals surface area contributed by atoms with Crippen molar-refractivity contribution in [2.45, 2.75) is 25.5 Å². The Labute approximate surface area is 99.2 Å². The van der Waals surface area contributed by atoms with E-state index in [0.29, 0.717) is 5.57 Å². The first-order valence-electron chi connectivity index (χ1n) is 4.80. The molecule has 84 valence electrons. The number of nitrogens with zero attached hydrogens (tertiary/aromatic N) is 1. The number of allylic oxidation sites excluding steroid dienone is 3. The summed E-state index contributed by atoms with van der Waals surface area (Å²) in [5.74, 6) is 0.104. The molecule has 0 fully saturated rings. The highest BCUT2D eigenvalue weighted by Crippen LogP contribution is 2.43. The molecule has 1 aliphatic rings. The normalized spacial score (nSPS) is 26.6. The van der Waals surface area contributed by atoms with Crippen molar-refractivity contribution in [3.05, 3.63) is 35.1 Å². The Hall–Kier alpha value is -1.47. The third-order valence-corrected chi connectivity index (χ3v) is 3.59. The fraction of sp³-hybridized carbons (Fsp3) is 0.333. The molecule has 0 spiro atoms. The highest BCUT2D eigenvalue weighted by Gasteiger charge is 2.40. The van der Waals surface area contributed by atoms with Crippen LogP contribution in [0.2, 0.25) is 0 Å². The maximum absolute atomic E-state index is 11.4. The summed E-state index contributed by atoms with van der Waals surface area (Å²) in [5.41, 5.74) is 1.24. The van der Waals surface area contributed by atoms with E-state index in [2.05, 4.69) is 0 Å². The van der Waals surface area contributed by atoms with Gasteiger partial charge in [0.15, 0.2) is 0 Å². The zero-order valence-corrected chi connectivity index (χ0v) is 10.3. The number of thioether (sulfide) groups is 1. The molecule has 4 heteroatoms. The fourth-order valence-corrected chi connectivity index (χ4v) is 2.67. The van der Waals surface area contributed by atoms with Crippen LogP contribution in [0, 0.1) is 11.3 Å². The Bertz CT molecular complexity index is 454. The molecule has 1 atom stereocenters. The number of nitriles is 1. The van der Waals surface area contributed by atoms with Crippen LogP contribution in [0.3, 0.4) is 0 Å². The lowest BCUT2D eigenvalue weighted by atomic mass is 10.0. The van der Waals surface area contributed by atoms with Crippen LogP contribution in [0.5, 0.6) is 0 Å². The Morgan fingerprint density at radius 3 is 2.69 bits per heavy atom. The summed E-state index contributed by atoms with van der Waals surface area (Å²) in [6, 6.07) is 1.90. The molecule has 0 unspecified atom stereocenters. The van der Waals surface area contributed by atoms with Crippen LogP contribution in [-0.4, -0.2) is 15.0 Å². The Balaban J connectivity index is 3.04. The van der Waals surface area contributed by atoms with Crippen LogP contribution < -0.4 is 0 Å². The van der Waals surface area contributed by atoms with E-state index in [1.54, 1.807) is 26.0 Å². The van der Waals surface area contributed by atoms with Crippen molar-refractivity contribution in [3.8, 4) is 6.07 Å². The molecule has 0 aromatic heterocycles. The lowest BCUT2D eigenvalue weighted by Gasteiger charge is -2.18. The highest BCUT2D eigenvalue weighted by atomic mass is 32.2. The number of aliphatic hydroxyl groups is 1. The number of carbonyl (C=O) groups excluding carboxylic acids is 1. The van der Waals surface area contributed by atoms with Gasteiger partial charge in [0.05, 0.1) is 10.8 Å². The smallest absolute Gasteiger partial charge is 0.219 e. The van der Waals surface area contributed by atoms with E-state index >= 15 is 0 Å². The van der Waals surface area contributed by atoms with E-state index in [1.165, 1.54) is 6.08 Å². The van der Waals surface area contributed by atoms with E-state index in [0.717, 1.165) is 17.3 Å². The Kier molecular flexibility index (Phi) is 3.61. The SMILES string of the molecule is CC1=C(O)[C@@](C)(/C=C(C)/C=C/C#N)SC1=O. The zero-order valence-electron chi connectivity index (χ0n) is 9.44. The van der Waals surface area contributed by atoms with Gasteiger partial charge < -0.3 is 5.11 Å². The van der Waals surface area contributed by atoms with Crippen LogP contribution >= 0.6 is 11.8 Å². The second-order valence-corrected chi connectivity index (χ2v) is 5.24. The standard InChI is InChI=1S/C12H13NO2S/c1-8(5-4-6-13)7-12(3)10(14)9(2)11(15)16-12/h4-5,7,14H,1-3H3/b5-4+,8-7+/t12-/m1/s1. The van der Waals surface area contributed by atoms with Crippen molar-refractivity contribution in [1.82, 2.24) is 0 Å². The van der Waals surface area contributed by atoms with Crippen molar-refractivity contribution in [2.75, 3.05) is 0 Å². The molecule has 1 heterocycles. The Morgan fingerprint density at radius 2 is 2.25 bits per heavy atom. The van der Waals surface area contributed by atoms with Gasteiger partial charge in [0.25, 0.3) is 0 Å². The minimum Gasteiger partial charge on any atom is -0.510 e. The Morgan fingerprint density at radius 1 is 1.62 bits per heavy atom. The van der Waals surface area contributed by atoms with Crippen LogP contribution in [-0.2, 0) is 4.79 Å². The van der Waals surface area contributed by atoms with Crippen molar-refractivity contribution in [1.29, 1.82) is 5.26 Å². The molecule has 3 nitrogen and oxygen atoms in total. The summed E-state index contributed by atoms with van der Waals surface area (Å²) >= 11 is 1.09. The number of hydrogen-bond donors (Lipinski definition) is 1. The lowest BCUT2D eigenvalue weighted by Crippen LogP contribution is -2.17. The van der Waals surface area contributed by atoms with Gasteiger partial charge in [0.2, 0.25) is 5.12 Å². The fourth-order valence-electron chi connectivity index (χ4n) is 1.54. The quantitative estimate of drug-likeness (QED) is 0.590. The molecule has 0 radical (unpaired) electrons. The maximum Gasteiger partial charge on any atom is 0.219 e. The van der Waals surface area contributed by atoms with Gasteiger partial charge in [-0.15, -0.1) is 0 Å². The number of aliphatic hydroxyl groups excluding tert-OH is 1. The first-order valence-corrected chi connectivity index (χ1v) is 5.61. The zero-order chi connectivity index (χ0) is 12.3. The predicted octanol–water partition coefficient (Wildman–Crippen LogP) is 2.88. The third kappa shape index (κ3) is 2.37. The van der Waals surface area contributed by atoms with Crippen molar-refractivity contribution in [2.24, 2.45) is 0 Å². The number of carbonyl (C=O) groups is 1. The van der Waals surface area contributed by atoms with E-state index in [-0.39, 0.29) is 10.9 Å². The summed E-state index contributed by atoms with van der Waals surface area (Å²) in [7, 11) is 0. The third-order valence-electron chi connectivity index (χ3n) is 2.36. The van der Waals surface area contributed by atoms with Crippen LogP contribution in [0.25, 0.3) is 0 Å². The average Bonchev–Trinajstić information content (AvgIpc) is 2.40. The molecule has 1 rings (SSSR count). The van der Waals surface area contributed by atoms with Crippen molar-refractivity contribution >= 4 is 16.9 Å². The van der Waals surface area contributed by atoms with Gasteiger partial charge in [0.1, 0.15) is 5.76 Å². The molecule has 0 aromatic carbocycles. The molecule has 0 saturated heterocycles. The molecule has 0 saturated carbocycles. The van der Waals surface area contributed by atoms with Crippen LogP contribution in [0.1, 0.15) is 20.8 Å². The summed E-state index contributed by atoms with van der Waals surface area (Å²) in [5, 5.41) is 18.2. The predicted molar refractivity (Wildman–Crippen MR) is 64.8 cm³/mol. The van der Waals surface area contributed by atoms with E-state index in [4.69, 9.17) is 5.26 Å². The van der Waals surface area contributed by atoms with Gasteiger partial charge in [-0.2, -0.15) is 5.26 Å². The number of rotatable bonds is 2. The average molecular weight is 235 g/mol. The first-order chi connectivity index (χ1) is 7.40. The molecule has 1 N–H and O–H groups in total. The van der Waals surface area contributed by atoms with Gasteiger partial charge in [-0.25, -0.2) is 0 Å². The van der Waals surface area contributed by atoms with Gasteiger partial charge >= 0.3 is 0 Å². The van der Waals surface area contributed by atoms with Crippen LogP contribution in [0.4, 0.5) is 0 Å². The van der Waals surface area contributed by atoms with Crippen molar-refractivity contribution < 1.29 is 9.90 Å². The van der Waals surface area contributed by atoms with Crippen LogP contribution in [0.15, 0.2) is 35.1 Å². The molecule has 1 aliphatic heterocycles. The monoisotopic (exact) mass is 235 g/mol. The highest BCUT2D eigenvalue weighted by molar-refractivity contribution is 8.16. The summed E-state index contributed by atoms with van der Waals surface area (Å²) in [6.45, 7) is 5.22. The van der Waals surface area contributed by atoms with Crippen molar-refractivity contribution in [3.63, 3.8) is 0 Å². The number of hydrogen-bond acceptors (Lipinski definition) is 4. The maximum atomic E-state index is 11.4. The molecular formula is C12H13NO2S. The summed E-state index contributed by atoms with van der Waals surface area (Å²) < 4.78 is -0.703. The van der Waals surface area contributed by atoms with Gasteiger partial charge in [0, 0.05) is 11.6 Å². The van der Waals surface area contributed by atoms with E-state index < -0.39 is 4.75 Å². The minimum atomic E-state index is -0.703. The molecule has 0 amide bonds. The largest absolute Gasteiger partial charge is 0.510 e. The molecule has 0 aliphatic carbocycles. The molecule has 0 aromatic rings. The first kappa shape index (κ1) is 12.6. The lowest BCUT2D eigenvalue weighted by molar-refractivity contribution is -0.107. The molecular weight excluding hydrogens is 222 g/mol. The second kappa shape index (κ2) is 4.58. The van der Waals surface area contributed by atoms with Gasteiger partial charge in [-0.05, 0) is 26.8 Å². The summed E-state index contributed by atoms with van der Waals surface area (Å²) in [4.78, 5) is 11.4. The topological polar surface area (TPSA) is 61.1 Å². The second-order valence-electron chi connectivity index (χ2n) is 3.82.